The van der Waals surface area contributed by atoms with E-state index < -0.39 is 0 Å². The molecule has 222 valence electrons. The summed E-state index contributed by atoms with van der Waals surface area (Å²) in [6.07, 6.45) is 9.89. The van der Waals surface area contributed by atoms with Crippen molar-refractivity contribution in [3.63, 3.8) is 0 Å². The van der Waals surface area contributed by atoms with Crippen LogP contribution in [0.3, 0.4) is 0 Å². The van der Waals surface area contributed by atoms with Crippen molar-refractivity contribution in [1.82, 2.24) is 4.57 Å². The number of nitrogens with zero attached hydrogens (tertiary/aromatic N) is 1. The van der Waals surface area contributed by atoms with Crippen LogP contribution in [0.2, 0.25) is 0 Å². The van der Waals surface area contributed by atoms with Crippen LogP contribution < -0.4 is 0 Å². The molecule has 2 nitrogen and oxygen atoms in total. The molecule has 0 radical (unpaired) electrons. The van der Waals surface area contributed by atoms with Crippen molar-refractivity contribution in [3.8, 4) is 16.8 Å². The molecule has 47 heavy (non-hydrogen) atoms. The molecule has 0 fully saturated rings. The van der Waals surface area contributed by atoms with Crippen LogP contribution in [-0.2, 0) is 0 Å². The smallest absolute Gasteiger partial charge is 0.160 e. The third kappa shape index (κ3) is 3.67. The average Bonchev–Trinajstić information content (AvgIpc) is 3.74. The highest BCUT2D eigenvalue weighted by Gasteiger charge is 2.25. The number of hydrogen-bond acceptors (Lipinski definition) is 1. The van der Waals surface area contributed by atoms with Crippen LogP contribution >= 0.6 is 0 Å². The Morgan fingerprint density at radius 2 is 1.40 bits per heavy atom. The van der Waals surface area contributed by atoms with E-state index in [-0.39, 0.29) is 0 Å². The molecule has 0 saturated carbocycles. The molecular formula is C45H31NO. The number of rotatable bonds is 5. The average molecular weight is 602 g/mol. The molecule has 0 amide bonds. The first-order valence-electron chi connectivity index (χ1n) is 16.0. The summed E-state index contributed by atoms with van der Waals surface area (Å²) in [5.41, 5.74) is 12.1. The second-order valence-corrected chi connectivity index (χ2v) is 12.1. The van der Waals surface area contributed by atoms with Gasteiger partial charge in [-0.2, -0.15) is 0 Å². The van der Waals surface area contributed by atoms with Gasteiger partial charge < -0.3 is 8.98 Å². The molecule has 2 heterocycles. The van der Waals surface area contributed by atoms with Crippen LogP contribution in [0.4, 0.5) is 0 Å². The molecule has 2 heteroatoms. The zero-order valence-electron chi connectivity index (χ0n) is 26.2. The molecule has 0 N–H and O–H groups in total. The van der Waals surface area contributed by atoms with Crippen LogP contribution in [0.5, 0.6) is 0 Å². The van der Waals surface area contributed by atoms with Crippen molar-refractivity contribution in [1.29, 1.82) is 0 Å². The third-order valence-electron chi connectivity index (χ3n) is 9.73. The van der Waals surface area contributed by atoms with Crippen LogP contribution in [0, 0.1) is 0 Å². The Balaban J connectivity index is 1.38. The van der Waals surface area contributed by atoms with E-state index in [4.69, 9.17) is 4.42 Å². The molecule has 9 rings (SSSR count). The van der Waals surface area contributed by atoms with Gasteiger partial charge in [-0.15, -0.1) is 0 Å². The van der Waals surface area contributed by atoms with Crippen molar-refractivity contribution < 1.29 is 4.42 Å². The minimum Gasteiger partial charge on any atom is -0.454 e. The third-order valence-corrected chi connectivity index (χ3v) is 9.73. The highest BCUT2D eigenvalue weighted by molar-refractivity contribution is 6.32. The van der Waals surface area contributed by atoms with Gasteiger partial charge in [-0.1, -0.05) is 129 Å². The monoisotopic (exact) mass is 601 g/mol. The fourth-order valence-electron chi connectivity index (χ4n) is 7.85. The van der Waals surface area contributed by atoms with Crippen molar-refractivity contribution in [2.75, 3.05) is 0 Å². The van der Waals surface area contributed by atoms with Crippen molar-refractivity contribution in [3.05, 3.63) is 164 Å². The highest BCUT2D eigenvalue weighted by Crippen LogP contribution is 2.48. The molecule has 8 aromatic rings. The maximum Gasteiger partial charge on any atom is 0.160 e. The van der Waals surface area contributed by atoms with E-state index in [1.807, 2.05) is 31.2 Å². The van der Waals surface area contributed by atoms with E-state index in [1.54, 1.807) is 0 Å². The molecule has 0 unspecified atom stereocenters. The van der Waals surface area contributed by atoms with Gasteiger partial charge in [-0.05, 0) is 86.1 Å². The molecule has 0 bridgehead atoms. The van der Waals surface area contributed by atoms with E-state index >= 15 is 0 Å². The molecule has 1 aliphatic carbocycles. The van der Waals surface area contributed by atoms with Gasteiger partial charge in [0.25, 0.3) is 0 Å². The lowest BCUT2D eigenvalue weighted by Gasteiger charge is -2.13. The maximum absolute atomic E-state index is 6.79. The van der Waals surface area contributed by atoms with Crippen molar-refractivity contribution in [2.24, 2.45) is 0 Å². The molecule has 1 aliphatic rings. The molecular weight excluding hydrogens is 571 g/mol. The topological polar surface area (TPSA) is 18.1 Å². The normalized spacial score (nSPS) is 13.8. The maximum atomic E-state index is 6.79. The van der Waals surface area contributed by atoms with Gasteiger partial charge in [0.1, 0.15) is 5.76 Å². The fraction of sp³-hybridized carbons (Fsp3) is 0.0222. The van der Waals surface area contributed by atoms with E-state index in [2.05, 4.69) is 134 Å². The Labute approximate surface area is 273 Å². The van der Waals surface area contributed by atoms with Crippen LogP contribution in [0.25, 0.3) is 94.4 Å². The summed E-state index contributed by atoms with van der Waals surface area (Å²) in [4.78, 5) is 0. The van der Waals surface area contributed by atoms with Crippen LogP contribution in [0.15, 0.2) is 146 Å². The van der Waals surface area contributed by atoms with Gasteiger partial charge in [0.15, 0.2) is 5.58 Å². The van der Waals surface area contributed by atoms with Gasteiger partial charge in [-0.3, -0.25) is 0 Å². The minimum atomic E-state index is 0.819. The Hall–Kier alpha value is -6.12. The van der Waals surface area contributed by atoms with Gasteiger partial charge in [-0.25, -0.2) is 0 Å². The summed E-state index contributed by atoms with van der Waals surface area (Å²) >= 11 is 0. The summed E-state index contributed by atoms with van der Waals surface area (Å²) in [6.45, 7) is 14.6. The first kappa shape index (κ1) is 27.2. The Bertz CT molecular complexity index is 2740. The zero-order chi connectivity index (χ0) is 31.8. The Morgan fingerprint density at radius 3 is 2.19 bits per heavy atom. The van der Waals surface area contributed by atoms with E-state index in [0.29, 0.717) is 0 Å². The standard InChI is InChI=1S/C45H31NO/c1-5-14-31-27(4)32-21-13-22-34-33(24-25-37(31)41(32)34)28-16-12-17-29(26-28)46-39-23-11-10-20-38(39)42-35-18-8-9-19-36(35)43-30(7-3)40(15-6-2)47-45(43)44(42)46/h5-26H,1,3-4H2,2H3/b15-6-,31-14+. The Kier molecular flexibility index (Phi) is 5.91. The molecule has 0 aliphatic heterocycles. The summed E-state index contributed by atoms with van der Waals surface area (Å²) in [5.74, 6) is 0.819. The molecule has 6 aromatic carbocycles. The zero-order valence-corrected chi connectivity index (χ0v) is 26.2. The number of fused-ring (bicyclic) bond motifs is 8. The number of allylic oxidation sites excluding steroid dienone is 5. The SMILES string of the molecule is C=C/C=C1\C(=C)c2cccc3c(-c4cccc(-n5c6ccccc6c6c7ccccc7c7c(C=C)c(/C=C\C)oc7c65)c4)ccc1c23. The van der Waals surface area contributed by atoms with Crippen LogP contribution in [0.1, 0.15) is 29.4 Å². The molecule has 0 spiro atoms. The van der Waals surface area contributed by atoms with E-state index in [9.17, 15) is 0 Å². The second kappa shape index (κ2) is 10.2. The minimum absolute atomic E-state index is 0.819. The van der Waals surface area contributed by atoms with E-state index in [0.717, 1.165) is 55.7 Å². The fourth-order valence-corrected chi connectivity index (χ4v) is 7.85. The summed E-state index contributed by atoms with van der Waals surface area (Å²) in [5, 5.41) is 8.32. The lowest BCUT2D eigenvalue weighted by atomic mass is 9.94. The number of furan rings is 1. The van der Waals surface area contributed by atoms with Gasteiger partial charge in [0.2, 0.25) is 0 Å². The lowest BCUT2D eigenvalue weighted by Crippen LogP contribution is -1.95. The first-order chi connectivity index (χ1) is 23.1. The summed E-state index contributed by atoms with van der Waals surface area (Å²) in [6, 6.07) is 37.3. The van der Waals surface area contributed by atoms with Crippen LogP contribution in [-0.4, -0.2) is 4.57 Å². The molecule has 0 saturated heterocycles. The summed E-state index contributed by atoms with van der Waals surface area (Å²) < 4.78 is 9.17. The molecule has 2 aromatic heterocycles. The van der Waals surface area contributed by atoms with Crippen molar-refractivity contribution >= 4 is 77.6 Å². The molecule has 0 atom stereocenters. The first-order valence-corrected chi connectivity index (χ1v) is 16.0. The summed E-state index contributed by atoms with van der Waals surface area (Å²) in [7, 11) is 0. The second-order valence-electron chi connectivity index (χ2n) is 12.1. The quantitative estimate of drug-likeness (QED) is 0.192. The predicted molar refractivity (Wildman–Crippen MR) is 203 cm³/mol. The van der Waals surface area contributed by atoms with E-state index in [1.165, 1.54) is 49.0 Å². The van der Waals surface area contributed by atoms with Gasteiger partial charge >= 0.3 is 0 Å². The number of hydrogen-bond donors (Lipinski definition) is 0. The van der Waals surface area contributed by atoms with Gasteiger partial charge in [0, 0.05) is 27.4 Å². The Morgan fingerprint density at radius 1 is 0.681 bits per heavy atom. The van der Waals surface area contributed by atoms with Gasteiger partial charge in [0.05, 0.1) is 11.0 Å². The van der Waals surface area contributed by atoms with Crippen molar-refractivity contribution in [2.45, 2.75) is 6.92 Å². The predicted octanol–water partition coefficient (Wildman–Crippen LogP) is 12.8. The largest absolute Gasteiger partial charge is 0.454 e. The number of para-hydroxylation sites is 1. The number of benzene rings is 6. The number of aromatic nitrogens is 1. The lowest BCUT2D eigenvalue weighted by molar-refractivity contribution is 0.605. The highest BCUT2D eigenvalue weighted by atomic mass is 16.3.